The minimum atomic E-state index is -0.258. The average Bonchev–Trinajstić information content (AvgIpc) is 3.25. The highest BCUT2D eigenvalue weighted by atomic mass is 19.1. The maximum atomic E-state index is 13.6. The number of benzene rings is 1. The lowest BCUT2D eigenvalue weighted by atomic mass is 10.1. The van der Waals surface area contributed by atoms with Crippen molar-refractivity contribution in [3.63, 3.8) is 0 Å². The number of hydrogen-bond acceptors (Lipinski definition) is 4. The van der Waals surface area contributed by atoms with Gasteiger partial charge < -0.3 is 24.8 Å². The van der Waals surface area contributed by atoms with Gasteiger partial charge in [-0.25, -0.2) is 4.39 Å². The number of nitrogens with zero attached hydrogens (tertiary/aromatic N) is 4. The summed E-state index contributed by atoms with van der Waals surface area (Å²) in [5.74, 6) is 0.687. The second-order valence-electron chi connectivity index (χ2n) is 7.78. The topological polar surface area (TPSA) is 60.4 Å². The zero-order chi connectivity index (χ0) is 20.8. The fourth-order valence-electron chi connectivity index (χ4n) is 3.95. The Labute approximate surface area is 172 Å². The van der Waals surface area contributed by atoms with Gasteiger partial charge in [0.2, 0.25) is 0 Å². The SMILES string of the molecule is CN=C(NCC(c1cccc(F)c1)N(C)C)N1CCN(C(=O)C2CCCO2)CC1. The first kappa shape index (κ1) is 21.5. The molecule has 160 valence electrons. The molecule has 0 bridgehead atoms. The van der Waals surface area contributed by atoms with Gasteiger partial charge in [-0.05, 0) is 44.6 Å². The van der Waals surface area contributed by atoms with Crippen LogP contribution in [0.2, 0.25) is 0 Å². The molecule has 2 unspecified atom stereocenters. The summed E-state index contributed by atoms with van der Waals surface area (Å²) in [6.07, 6.45) is 1.53. The molecule has 0 spiro atoms. The van der Waals surface area contributed by atoms with Crippen molar-refractivity contribution in [2.75, 3.05) is 60.5 Å². The lowest BCUT2D eigenvalue weighted by Crippen LogP contribution is -2.55. The Morgan fingerprint density at radius 2 is 2.03 bits per heavy atom. The highest BCUT2D eigenvalue weighted by Crippen LogP contribution is 2.19. The molecule has 0 aromatic heterocycles. The van der Waals surface area contributed by atoms with Crippen molar-refractivity contribution in [3.05, 3.63) is 35.6 Å². The van der Waals surface area contributed by atoms with Crippen LogP contribution in [-0.4, -0.2) is 93.1 Å². The van der Waals surface area contributed by atoms with Crippen molar-refractivity contribution in [1.82, 2.24) is 20.0 Å². The summed E-state index contributed by atoms with van der Waals surface area (Å²) in [7, 11) is 5.73. The standard InChI is InChI=1S/C21H32FN5O2/c1-23-21(24-15-18(25(2)3)16-6-4-7-17(22)14-16)27-11-9-26(10-12-27)20(28)19-8-5-13-29-19/h4,6-7,14,18-19H,5,8-13,15H2,1-3H3,(H,23,24). The number of ether oxygens (including phenoxy) is 1. The smallest absolute Gasteiger partial charge is 0.251 e. The molecule has 1 amide bonds. The third kappa shape index (κ3) is 5.45. The molecular formula is C21H32FN5O2. The van der Waals surface area contributed by atoms with E-state index in [9.17, 15) is 9.18 Å². The molecule has 1 aromatic rings. The Kier molecular flexibility index (Phi) is 7.44. The predicted molar refractivity (Wildman–Crippen MR) is 111 cm³/mol. The summed E-state index contributed by atoms with van der Waals surface area (Å²) in [5, 5.41) is 3.42. The first-order valence-electron chi connectivity index (χ1n) is 10.3. The molecular weight excluding hydrogens is 373 g/mol. The highest BCUT2D eigenvalue weighted by Gasteiger charge is 2.31. The van der Waals surface area contributed by atoms with Crippen LogP contribution in [0.5, 0.6) is 0 Å². The van der Waals surface area contributed by atoms with Crippen LogP contribution in [0.1, 0.15) is 24.4 Å². The highest BCUT2D eigenvalue weighted by molar-refractivity contribution is 5.82. The van der Waals surface area contributed by atoms with E-state index >= 15 is 0 Å². The number of likely N-dealkylation sites (N-methyl/N-ethyl adjacent to an activating group) is 1. The average molecular weight is 406 g/mol. The zero-order valence-corrected chi connectivity index (χ0v) is 17.6. The molecule has 7 nitrogen and oxygen atoms in total. The number of guanidine groups is 1. The number of hydrogen-bond donors (Lipinski definition) is 1. The minimum absolute atomic E-state index is 0.0184. The van der Waals surface area contributed by atoms with Crippen molar-refractivity contribution in [2.45, 2.75) is 25.0 Å². The van der Waals surface area contributed by atoms with Gasteiger partial charge >= 0.3 is 0 Å². The Morgan fingerprint density at radius 1 is 1.31 bits per heavy atom. The van der Waals surface area contributed by atoms with Crippen molar-refractivity contribution in [1.29, 1.82) is 0 Å². The van der Waals surface area contributed by atoms with E-state index in [1.165, 1.54) is 6.07 Å². The molecule has 2 saturated heterocycles. The molecule has 0 aliphatic carbocycles. The second-order valence-corrected chi connectivity index (χ2v) is 7.78. The third-order valence-electron chi connectivity index (χ3n) is 5.62. The van der Waals surface area contributed by atoms with Crippen molar-refractivity contribution < 1.29 is 13.9 Å². The fourth-order valence-corrected chi connectivity index (χ4v) is 3.95. The van der Waals surface area contributed by atoms with Crippen LogP contribution >= 0.6 is 0 Å². The number of nitrogens with one attached hydrogen (secondary N) is 1. The Hall–Kier alpha value is -2.19. The van der Waals surface area contributed by atoms with Crippen LogP contribution in [0, 0.1) is 5.82 Å². The van der Waals surface area contributed by atoms with Crippen LogP contribution in [0.3, 0.4) is 0 Å². The number of carbonyl (C=O) groups is 1. The van der Waals surface area contributed by atoms with Gasteiger partial charge in [0.1, 0.15) is 11.9 Å². The fraction of sp³-hybridized carbons (Fsp3) is 0.619. The summed E-state index contributed by atoms with van der Waals surface area (Å²) in [6, 6.07) is 6.73. The molecule has 2 atom stereocenters. The molecule has 8 heteroatoms. The van der Waals surface area contributed by atoms with Crippen LogP contribution in [0.25, 0.3) is 0 Å². The Morgan fingerprint density at radius 3 is 2.62 bits per heavy atom. The number of piperazine rings is 1. The molecule has 1 N–H and O–H groups in total. The van der Waals surface area contributed by atoms with Gasteiger partial charge in [0.25, 0.3) is 5.91 Å². The van der Waals surface area contributed by atoms with E-state index in [2.05, 4.69) is 20.1 Å². The summed E-state index contributed by atoms with van der Waals surface area (Å²) < 4.78 is 19.2. The van der Waals surface area contributed by atoms with Gasteiger partial charge in [0, 0.05) is 46.4 Å². The first-order valence-corrected chi connectivity index (χ1v) is 10.3. The lowest BCUT2D eigenvalue weighted by molar-refractivity contribution is -0.142. The van der Waals surface area contributed by atoms with Crippen molar-refractivity contribution in [2.24, 2.45) is 4.99 Å². The molecule has 2 aliphatic rings. The molecule has 0 saturated carbocycles. The van der Waals surface area contributed by atoms with Gasteiger partial charge in [-0.1, -0.05) is 12.1 Å². The van der Waals surface area contributed by atoms with Crippen LogP contribution in [0.15, 0.2) is 29.3 Å². The van der Waals surface area contributed by atoms with Crippen LogP contribution < -0.4 is 5.32 Å². The molecule has 2 heterocycles. The van der Waals surface area contributed by atoms with E-state index in [-0.39, 0.29) is 23.9 Å². The lowest BCUT2D eigenvalue weighted by Gasteiger charge is -2.38. The number of aliphatic imine (C=N–C) groups is 1. The van der Waals surface area contributed by atoms with Crippen molar-refractivity contribution in [3.8, 4) is 0 Å². The van der Waals surface area contributed by atoms with Crippen LogP contribution in [-0.2, 0) is 9.53 Å². The quantitative estimate of drug-likeness (QED) is 0.592. The second kappa shape index (κ2) is 10.0. The normalized spacial score (nSPS) is 21.6. The minimum Gasteiger partial charge on any atom is -0.368 e. The van der Waals surface area contributed by atoms with Gasteiger partial charge in [0.05, 0.1) is 6.04 Å². The number of rotatable bonds is 5. The summed E-state index contributed by atoms with van der Waals surface area (Å²) in [5.41, 5.74) is 0.921. The summed E-state index contributed by atoms with van der Waals surface area (Å²) >= 11 is 0. The van der Waals surface area contributed by atoms with E-state index in [0.29, 0.717) is 26.2 Å². The Bertz CT molecular complexity index is 713. The Balaban J connectivity index is 1.54. The number of carbonyl (C=O) groups excluding carboxylic acids is 1. The third-order valence-corrected chi connectivity index (χ3v) is 5.62. The molecule has 2 fully saturated rings. The van der Waals surface area contributed by atoms with Gasteiger partial charge in [0.15, 0.2) is 5.96 Å². The number of halogens is 1. The van der Waals surface area contributed by atoms with E-state index in [1.807, 2.05) is 25.1 Å². The van der Waals surface area contributed by atoms with Gasteiger partial charge in [-0.2, -0.15) is 0 Å². The summed E-state index contributed by atoms with van der Waals surface area (Å²) in [6.45, 7) is 4.08. The van der Waals surface area contributed by atoms with Gasteiger partial charge in [-0.3, -0.25) is 9.79 Å². The zero-order valence-electron chi connectivity index (χ0n) is 17.6. The molecule has 3 rings (SSSR count). The molecule has 1 aromatic carbocycles. The predicted octanol–water partition coefficient (Wildman–Crippen LogP) is 1.33. The maximum absolute atomic E-state index is 13.6. The first-order chi connectivity index (χ1) is 14.0. The van der Waals surface area contributed by atoms with E-state index < -0.39 is 0 Å². The number of amides is 1. The summed E-state index contributed by atoms with van der Waals surface area (Å²) in [4.78, 5) is 23.1. The van der Waals surface area contributed by atoms with Crippen molar-refractivity contribution >= 4 is 11.9 Å². The van der Waals surface area contributed by atoms with E-state index in [4.69, 9.17) is 4.74 Å². The van der Waals surface area contributed by atoms with Crippen LogP contribution in [0.4, 0.5) is 4.39 Å². The molecule has 2 aliphatic heterocycles. The van der Waals surface area contributed by atoms with E-state index in [1.54, 1.807) is 19.2 Å². The molecule has 29 heavy (non-hydrogen) atoms. The van der Waals surface area contributed by atoms with E-state index in [0.717, 1.165) is 37.5 Å². The van der Waals surface area contributed by atoms with Gasteiger partial charge in [-0.15, -0.1) is 0 Å². The monoisotopic (exact) mass is 405 g/mol. The molecule has 0 radical (unpaired) electrons. The largest absolute Gasteiger partial charge is 0.368 e. The maximum Gasteiger partial charge on any atom is 0.251 e.